The molecule has 0 aromatic heterocycles. The van der Waals surface area contributed by atoms with Crippen molar-refractivity contribution in [2.24, 2.45) is 4.99 Å². The Bertz CT molecular complexity index is 559. The number of benzene rings is 1. The number of nitrogens with one attached hydrogen (secondary N) is 2. The maximum absolute atomic E-state index is 12.0. The molecule has 1 unspecified atom stereocenters. The zero-order chi connectivity index (χ0) is 14.9. The van der Waals surface area contributed by atoms with Crippen LogP contribution in [0.3, 0.4) is 0 Å². The largest absolute Gasteiger partial charge is 0.496 e. The number of carbonyl (C=O) groups excluding carboxylic acids is 1. The standard InChI is InChI=1S/C15H21N3O2/c1-9-8-10(6-7-11(9)20-5)12-13(19)17-14(16-12)18-15(2,3)4/h6-8,12H,1-5H3,(H2,16,17,18,19). The number of hydrogen-bond donors (Lipinski definition) is 2. The summed E-state index contributed by atoms with van der Waals surface area (Å²) in [6, 6.07) is 5.18. The van der Waals surface area contributed by atoms with Gasteiger partial charge >= 0.3 is 0 Å². The molecule has 0 fully saturated rings. The van der Waals surface area contributed by atoms with Gasteiger partial charge in [-0.25, -0.2) is 4.99 Å². The second-order valence-corrected chi connectivity index (χ2v) is 5.97. The summed E-state index contributed by atoms with van der Waals surface area (Å²) >= 11 is 0. The number of carbonyl (C=O) groups is 1. The Morgan fingerprint density at radius 3 is 2.60 bits per heavy atom. The molecule has 108 valence electrons. The van der Waals surface area contributed by atoms with E-state index in [9.17, 15) is 4.79 Å². The average molecular weight is 275 g/mol. The van der Waals surface area contributed by atoms with E-state index in [4.69, 9.17) is 4.74 Å². The highest BCUT2D eigenvalue weighted by atomic mass is 16.5. The highest BCUT2D eigenvalue weighted by molar-refractivity contribution is 6.05. The third-order valence-corrected chi connectivity index (χ3v) is 2.98. The Balaban J connectivity index is 2.24. The number of ether oxygens (including phenoxy) is 1. The molecular formula is C15H21N3O2. The van der Waals surface area contributed by atoms with Crippen LogP contribution in [0.1, 0.15) is 37.9 Å². The first-order valence-corrected chi connectivity index (χ1v) is 6.61. The van der Waals surface area contributed by atoms with Crippen LogP contribution in [0.15, 0.2) is 23.2 Å². The number of hydrogen-bond acceptors (Lipinski definition) is 4. The summed E-state index contributed by atoms with van der Waals surface area (Å²) in [5.74, 6) is 1.23. The van der Waals surface area contributed by atoms with Gasteiger partial charge in [0.25, 0.3) is 5.91 Å². The maximum Gasteiger partial charge on any atom is 0.256 e. The number of methoxy groups -OCH3 is 1. The summed E-state index contributed by atoms with van der Waals surface area (Å²) in [7, 11) is 1.63. The fourth-order valence-electron chi connectivity index (χ4n) is 2.12. The molecule has 2 rings (SSSR count). The monoisotopic (exact) mass is 275 g/mol. The molecule has 0 radical (unpaired) electrons. The fourth-order valence-corrected chi connectivity index (χ4v) is 2.12. The topological polar surface area (TPSA) is 62.7 Å². The normalized spacial score (nSPS) is 18.6. The van der Waals surface area contributed by atoms with Crippen molar-refractivity contribution in [1.29, 1.82) is 0 Å². The van der Waals surface area contributed by atoms with E-state index in [1.165, 1.54) is 0 Å². The molecule has 1 aromatic carbocycles. The van der Waals surface area contributed by atoms with E-state index in [-0.39, 0.29) is 11.4 Å². The molecule has 0 saturated carbocycles. The van der Waals surface area contributed by atoms with Crippen molar-refractivity contribution in [2.45, 2.75) is 39.3 Å². The molecule has 1 aromatic rings. The van der Waals surface area contributed by atoms with Crippen LogP contribution >= 0.6 is 0 Å². The van der Waals surface area contributed by atoms with Crippen LogP contribution in [0, 0.1) is 6.92 Å². The smallest absolute Gasteiger partial charge is 0.256 e. The Hall–Kier alpha value is -2.04. The minimum Gasteiger partial charge on any atom is -0.496 e. The van der Waals surface area contributed by atoms with E-state index in [1.54, 1.807) is 7.11 Å². The van der Waals surface area contributed by atoms with Gasteiger partial charge in [-0.05, 0) is 51.0 Å². The van der Waals surface area contributed by atoms with E-state index >= 15 is 0 Å². The molecule has 1 heterocycles. The first kappa shape index (κ1) is 14.4. The van der Waals surface area contributed by atoms with Crippen LogP contribution in [0.2, 0.25) is 0 Å². The van der Waals surface area contributed by atoms with Gasteiger partial charge in [0.05, 0.1) is 7.11 Å². The zero-order valence-electron chi connectivity index (χ0n) is 12.6. The first-order chi connectivity index (χ1) is 9.30. The lowest BCUT2D eigenvalue weighted by molar-refractivity contribution is -0.120. The fraction of sp³-hybridized carbons (Fsp3) is 0.467. The number of aryl methyl sites for hydroxylation is 1. The lowest BCUT2D eigenvalue weighted by Crippen LogP contribution is -2.46. The van der Waals surface area contributed by atoms with E-state index in [0.717, 1.165) is 16.9 Å². The molecule has 5 heteroatoms. The van der Waals surface area contributed by atoms with E-state index < -0.39 is 6.04 Å². The molecule has 0 saturated heterocycles. The van der Waals surface area contributed by atoms with Gasteiger partial charge in [0, 0.05) is 5.54 Å². The van der Waals surface area contributed by atoms with Crippen LogP contribution in [0.4, 0.5) is 0 Å². The molecular weight excluding hydrogens is 254 g/mol. The molecule has 0 aliphatic carbocycles. The SMILES string of the molecule is COc1ccc(C2N=C(NC(C)(C)C)NC2=O)cc1C. The van der Waals surface area contributed by atoms with Crippen molar-refractivity contribution < 1.29 is 9.53 Å². The van der Waals surface area contributed by atoms with Gasteiger partial charge < -0.3 is 10.1 Å². The van der Waals surface area contributed by atoms with Gasteiger partial charge in [-0.1, -0.05) is 6.07 Å². The quantitative estimate of drug-likeness (QED) is 0.866. The molecule has 2 N–H and O–H groups in total. The molecule has 1 atom stereocenters. The summed E-state index contributed by atoms with van der Waals surface area (Å²) in [4.78, 5) is 16.5. The van der Waals surface area contributed by atoms with Gasteiger partial charge in [-0.15, -0.1) is 0 Å². The molecule has 1 aliphatic heterocycles. The van der Waals surface area contributed by atoms with Crippen molar-refractivity contribution in [2.75, 3.05) is 7.11 Å². The minimum atomic E-state index is -0.496. The van der Waals surface area contributed by atoms with E-state index in [2.05, 4.69) is 15.6 Å². The van der Waals surface area contributed by atoms with Gasteiger partial charge in [0.1, 0.15) is 5.75 Å². The van der Waals surface area contributed by atoms with Crippen molar-refractivity contribution in [3.63, 3.8) is 0 Å². The molecule has 20 heavy (non-hydrogen) atoms. The lowest BCUT2D eigenvalue weighted by Gasteiger charge is -2.21. The van der Waals surface area contributed by atoms with Gasteiger partial charge in [0.2, 0.25) is 0 Å². The molecule has 1 aliphatic rings. The Labute approximate surface area is 119 Å². The van der Waals surface area contributed by atoms with Crippen LogP contribution in [-0.4, -0.2) is 24.5 Å². The first-order valence-electron chi connectivity index (χ1n) is 6.61. The van der Waals surface area contributed by atoms with E-state index in [1.807, 2.05) is 45.9 Å². The zero-order valence-corrected chi connectivity index (χ0v) is 12.6. The summed E-state index contributed by atoms with van der Waals surface area (Å²) in [5.41, 5.74) is 1.72. The lowest BCUT2D eigenvalue weighted by atomic mass is 10.0. The highest BCUT2D eigenvalue weighted by Gasteiger charge is 2.29. The van der Waals surface area contributed by atoms with E-state index in [0.29, 0.717) is 5.96 Å². The number of aliphatic imine (C=N–C) groups is 1. The van der Waals surface area contributed by atoms with Crippen LogP contribution in [0.5, 0.6) is 5.75 Å². The Morgan fingerprint density at radius 1 is 1.35 bits per heavy atom. The van der Waals surface area contributed by atoms with Gasteiger partial charge in [-0.3, -0.25) is 10.1 Å². The van der Waals surface area contributed by atoms with Gasteiger partial charge in [0.15, 0.2) is 12.0 Å². The maximum atomic E-state index is 12.0. The summed E-state index contributed by atoms with van der Waals surface area (Å²) in [6.45, 7) is 8.01. The predicted octanol–water partition coefficient (Wildman–Crippen LogP) is 1.92. The van der Waals surface area contributed by atoms with Crippen molar-refractivity contribution in [3.8, 4) is 5.75 Å². The van der Waals surface area contributed by atoms with Crippen molar-refractivity contribution in [3.05, 3.63) is 29.3 Å². The van der Waals surface area contributed by atoms with Crippen LogP contribution in [0.25, 0.3) is 0 Å². The number of rotatable bonds is 2. The Kier molecular flexibility index (Phi) is 3.70. The van der Waals surface area contributed by atoms with Crippen molar-refractivity contribution in [1.82, 2.24) is 10.6 Å². The molecule has 0 spiro atoms. The van der Waals surface area contributed by atoms with Crippen molar-refractivity contribution >= 4 is 11.9 Å². The predicted molar refractivity (Wildman–Crippen MR) is 78.9 cm³/mol. The highest BCUT2D eigenvalue weighted by Crippen LogP contribution is 2.26. The van der Waals surface area contributed by atoms with Gasteiger partial charge in [-0.2, -0.15) is 0 Å². The summed E-state index contributed by atoms with van der Waals surface area (Å²) in [5, 5.41) is 5.95. The average Bonchev–Trinajstić information content (AvgIpc) is 2.67. The number of guanidine groups is 1. The molecule has 0 bridgehead atoms. The molecule has 5 nitrogen and oxygen atoms in total. The summed E-state index contributed by atoms with van der Waals surface area (Å²) in [6.07, 6.45) is 0. The summed E-state index contributed by atoms with van der Waals surface area (Å²) < 4.78 is 5.23. The third-order valence-electron chi connectivity index (χ3n) is 2.98. The molecule has 1 amide bonds. The third kappa shape index (κ3) is 3.10. The van der Waals surface area contributed by atoms with Crippen LogP contribution < -0.4 is 15.4 Å². The minimum absolute atomic E-state index is 0.110. The number of nitrogens with zero attached hydrogens (tertiary/aromatic N) is 1. The second-order valence-electron chi connectivity index (χ2n) is 5.97. The number of amides is 1. The van der Waals surface area contributed by atoms with Crippen LogP contribution in [-0.2, 0) is 4.79 Å². The Morgan fingerprint density at radius 2 is 2.05 bits per heavy atom. The second kappa shape index (κ2) is 5.15.